The summed E-state index contributed by atoms with van der Waals surface area (Å²) in [6.07, 6.45) is 5.72. The Kier molecular flexibility index (Phi) is 4.15. The van der Waals surface area contributed by atoms with Crippen LogP contribution in [0.1, 0.15) is 45.2 Å². The highest BCUT2D eigenvalue weighted by Crippen LogP contribution is 2.38. The van der Waals surface area contributed by atoms with Gasteiger partial charge in [0.15, 0.2) is 5.82 Å². The minimum atomic E-state index is 0.0716. The lowest BCUT2D eigenvalue weighted by molar-refractivity contribution is -0.121. The van der Waals surface area contributed by atoms with Gasteiger partial charge < -0.3 is 5.32 Å². The molecule has 0 bridgehead atoms. The summed E-state index contributed by atoms with van der Waals surface area (Å²) in [5, 5.41) is 15.4. The Morgan fingerprint density at radius 3 is 2.61 bits per heavy atom. The Hall–Kier alpha value is -2.24. The molecule has 0 aromatic carbocycles. The molecule has 122 valence electrons. The third-order valence-electron chi connectivity index (χ3n) is 4.60. The zero-order valence-electron chi connectivity index (χ0n) is 13.9. The molecule has 1 fully saturated rings. The molecule has 1 aliphatic carbocycles. The van der Waals surface area contributed by atoms with E-state index in [0.29, 0.717) is 17.1 Å². The summed E-state index contributed by atoms with van der Waals surface area (Å²) in [6.45, 7) is 6.42. The summed E-state index contributed by atoms with van der Waals surface area (Å²) >= 11 is 0. The molecule has 0 unspecified atom stereocenters. The van der Waals surface area contributed by atoms with E-state index in [1.807, 2.05) is 19.1 Å². The van der Waals surface area contributed by atoms with Gasteiger partial charge in [0.05, 0.1) is 11.9 Å². The Bertz CT molecular complexity index is 679. The highest BCUT2D eigenvalue weighted by molar-refractivity contribution is 5.92. The van der Waals surface area contributed by atoms with E-state index in [9.17, 15) is 4.79 Å². The third kappa shape index (κ3) is 3.57. The standard InChI is InChI=1S/C17H23N5O/c1-12-4-5-15(21-20-12)22-14(8-11-18-22)19-16(23)13-6-9-17(2,3)10-7-13/h4-5,8,11,13H,6-7,9-10H2,1-3H3,(H,19,23). The zero-order chi connectivity index (χ0) is 16.4. The molecule has 0 aliphatic heterocycles. The van der Waals surface area contributed by atoms with E-state index in [1.54, 1.807) is 16.9 Å². The van der Waals surface area contributed by atoms with Gasteiger partial charge in [0.2, 0.25) is 5.91 Å². The van der Waals surface area contributed by atoms with Crippen molar-refractivity contribution in [1.82, 2.24) is 20.0 Å². The van der Waals surface area contributed by atoms with Crippen LogP contribution in [0.4, 0.5) is 5.82 Å². The Morgan fingerprint density at radius 1 is 1.22 bits per heavy atom. The first-order valence-electron chi connectivity index (χ1n) is 8.10. The number of rotatable bonds is 3. The normalized spacial score (nSPS) is 17.9. The van der Waals surface area contributed by atoms with Crippen LogP contribution in [-0.4, -0.2) is 25.9 Å². The van der Waals surface area contributed by atoms with Gasteiger partial charge in [-0.05, 0) is 50.2 Å². The fraction of sp³-hybridized carbons (Fsp3) is 0.529. The van der Waals surface area contributed by atoms with Crippen molar-refractivity contribution in [2.24, 2.45) is 11.3 Å². The third-order valence-corrected chi connectivity index (χ3v) is 4.60. The summed E-state index contributed by atoms with van der Waals surface area (Å²) in [7, 11) is 0. The number of carbonyl (C=O) groups is 1. The summed E-state index contributed by atoms with van der Waals surface area (Å²) in [5.41, 5.74) is 1.20. The van der Waals surface area contributed by atoms with E-state index in [-0.39, 0.29) is 11.8 Å². The predicted octanol–water partition coefficient (Wildman–Crippen LogP) is 3.13. The predicted molar refractivity (Wildman–Crippen MR) is 88.3 cm³/mol. The van der Waals surface area contributed by atoms with Crippen LogP contribution in [0.2, 0.25) is 0 Å². The monoisotopic (exact) mass is 313 g/mol. The van der Waals surface area contributed by atoms with Gasteiger partial charge in [-0.15, -0.1) is 5.10 Å². The first kappa shape index (κ1) is 15.6. The maximum Gasteiger partial charge on any atom is 0.228 e. The number of anilines is 1. The molecular formula is C17H23N5O. The van der Waals surface area contributed by atoms with Crippen LogP contribution in [0.25, 0.3) is 5.82 Å². The van der Waals surface area contributed by atoms with Gasteiger partial charge in [0, 0.05) is 12.0 Å². The van der Waals surface area contributed by atoms with Gasteiger partial charge in [-0.3, -0.25) is 4.79 Å². The van der Waals surface area contributed by atoms with Gasteiger partial charge in [-0.25, -0.2) is 0 Å². The quantitative estimate of drug-likeness (QED) is 0.945. The van der Waals surface area contributed by atoms with Crippen molar-refractivity contribution in [2.45, 2.75) is 46.5 Å². The van der Waals surface area contributed by atoms with Crippen molar-refractivity contribution in [3.63, 3.8) is 0 Å². The summed E-state index contributed by atoms with van der Waals surface area (Å²) < 4.78 is 1.61. The minimum absolute atomic E-state index is 0.0716. The van der Waals surface area contributed by atoms with Gasteiger partial charge in [-0.2, -0.15) is 14.9 Å². The molecule has 0 radical (unpaired) electrons. The number of nitrogens with one attached hydrogen (secondary N) is 1. The topological polar surface area (TPSA) is 72.7 Å². The number of hydrogen-bond acceptors (Lipinski definition) is 4. The smallest absolute Gasteiger partial charge is 0.228 e. The molecule has 1 N–H and O–H groups in total. The first-order chi connectivity index (χ1) is 10.9. The maximum atomic E-state index is 12.5. The molecule has 6 heteroatoms. The zero-order valence-corrected chi connectivity index (χ0v) is 13.9. The second kappa shape index (κ2) is 6.10. The molecule has 1 aliphatic rings. The minimum Gasteiger partial charge on any atom is -0.310 e. The van der Waals surface area contributed by atoms with E-state index in [0.717, 1.165) is 31.4 Å². The molecule has 2 aromatic rings. The van der Waals surface area contributed by atoms with Crippen LogP contribution in [0.15, 0.2) is 24.4 Å². The van der Waals surface area contributed by atoms with Crippen LogP contribution in [0.5, 0.6) is 0 Å². The second-order valence-electron chi connectivity index (χ2n) is 7.09. The van der Waals surface area contributed by atoms with E-state index in [4.69, 9.17) is 0 Å². The van der Waals surface area contributed by atoms with Crippen LogP contribution < -0.4 is 5.32 Å². The Balaban J connectivity index is 1.70. The molecule has 0 spiro atoms. The van der Waals surface area contributed by atoms with Crippen LogP contribution >= 0.6 is 0 Å². The lowest BCUT2D eigenvalue weighted by atomic mass is 9.73. The van der Waals surface area contributed by atoms with Crippen molar-refractivity contribution >= 4 is 11.7 Å². The molecule has 0 saturated heterocycles. The second-order valence-corrected chi connectivity index (χ2v) is 7.09. The molecule has 1 amide bonds. The molecule has 3 rings (SSSR count). The number of aryl methyl sites for hydroxylation is 1. The summed E-state index contributed by atoms with van der Waals surface area (Å²) in [4.78, 5) is 12.5. The van der Waals surface area contributed by atoms with E-state index in [2.05, 4.69) is 34.5 Å². The van der Waals surface area contributed by atoms with Crippen molar-refractivity contribution in [3.8, 4) is 5.82 Å². The molecule has 2 heterocycles. The number of nitrogens with zero attached hydrogens (tertiary/aromatic N) is 4. The fourth-order valence-corrected chi connectivity index (χ4v) is 2.98. The molecule has 23 heavy (non-hydrogen) atoms. The van der Waals surface area contributed by atoms with Crippen LogP contribution in [0.3, 0.4) is 0 Å². The van der Waals surface area contributed by atoms with Crippen molar-refractivity contribution < 1.29 is 4.79 Å². The highest BCUT2D eigenvalue weighted by atomic mass is 16.2. The Morgan fingerprint density at radius 2 is 1.96 bits per heavy atom. The Labute approximate surface area is 136 Å². The number of amides is 1. The number of hydrogen-bond donors (Lipinski definition) is 1. The summed E-state index contributed by atoms with van der Waals surface area (Å²) in [5.74, 6) is 1.39. The molecular weight excluding hydrogens is 290 g/mol. The molecule has 2 aromatic heterocycles. The lowest BCUT2D eigenvalue weighted by Crippen LogP contribution is -2.30. The average molecular weight is 313 g/mol. The fourth-order valence-electron chi connectivity index (χ4n) is 2.98. The van der Waals surface area contributed by atoms with Gasteiger partial charge in [0.1, 0.15) is 5.82 Å². The van der Waals surface area contributed by atoms with Gasteiger partial charge in [-0.1, -0.05) is 13.8 Å². The SMILES string of the molecule is Cc1ccc(-n2nccc2NC(=O)C2CCC(C)(C)CC2)nn1. The van der Waals surface area contributed by atoms with Crippen LogP contribution in [-0.2, 0) is 4.79 Å². The van der Waals surface area contributed by atoms with Crippen LogP contribution in [0, 0.1) is 18.3 Å². The van der Waals surface area contributed by atoms with Crippen molar-refractivity contribution in [1.29, 1.82) is 0 Å². The van der Waals surface area contributed by atoms with Crippen molar-refractivity contribution in [2.75, 3.05) is 5.32 Å². The number of aromatic nitrogens is 4. The largest absolute Gasteiger partial charge is 0.310 e. The molecule has 1 saturated carbocycles. The lowest BCUT2D eigenvalue weighted by Gasteiger charge is -2.33. The van der Waals surface area contributed by atoms with E-state index in [1.165, 1.54) is 0 Å². The van der Waals surface area contributed by atoms with Crippen molar-refractivity contribution in [3.05, 3.63) is 30.1 Å². The van der Waals surface area contributed by atoms with Gasteiger partial charge in [0.25, 0.3) is 0 Å². The first-order valence-corrected chi connectivity index (χ1v) is 8.10. The van der Waals surface area contributed by atoms with E-state index >= 15 is 0 Å². The van der Waals surface area contributed by atoms with E-state index < -0.39 is 0 Å². The maximum absolute atomic E-state index is 12.5. The number of carbonyl (C=O) groups excluding carboxylic acids is 1. The summed E-state index contributed by atoms with van der Waals surface area (Å²) in [6, 6.07) is 5.50. The molecule has 0 atom stereocenters. The molecule has 6 nitrogen and oxygen atoms in total. The highest BCUT2D eigenvalue weighted by Gasteiger charge is 2.30. The average Bonchev–Trinajstić information content (AvgIpc) is 2.96. The van der Waals surface area contributed by atoms with Gasteiger partial charge >= 0.3 is 0 Å².